The van der Waals surface area contributed by atoms with Crippen LogP contribution in [0.5, 0.6) is 0 Å². The van der Waals surface area contributed by atoms with Crippen LogP contribution in [-0.2, 0) is 0 Å². The van der Waals surface area contributed by atoms with E-state index in [1.165, 1.54) is 0 Å². The average molecular weight is 256 g/mol. The van der Waals surface area contributed by atoms with E-state index in [0.717, 1.165) is 17.3 Å². The minimum absolute atomic E-state index is 0.115. The summed E-state index contributed by atoms with van der Waals surface area (Å²) in [5.74, 6) is 0. The molecule has 1 atom stereocenters. The minimum Gasteiger partial charge on any atom is -0.396 e. The molecule has 1 aromatic heterocycles. The molecule has 2 aromatic rings. The van der Waals surface area contributed by atoms with E-state index < -0.39 is 0 Å². The summed E-state index contributed by atoms with van der Waals surface area (Å²) in [5.41, 5.74) is 1.74. The number of fused-ring (bicyclic) bond motifs is 1. The van der Waals surface area contributed by atoms with Crippen LogP contribution in [0.15, 0.2) is 24.3 Å². The van der Waals surface area contributed by atoms with E-state index in [0.29, 0.717) is 12.1 Å². The second kappa shape index (κ2) is 6.12. The van der Waals surface area contributed by atoms with Crippen molar-refractivity contribution in [2.45, 2.75) is 25.8 Å². The predicted octanol–water partition coefficient (Wildman–Crippen LogP) is 2.07. The Bertz CT molecular complexity index is 606. The van der Waals surface area contributed by atoms with E-state index in [9.17, 15) is 0 Å². The summed E-state index contributed by atoms with van der Waals surface area (Å²) >= 11 is 0. The molecule has 0 bridgehead atoms. The van der Waals surface area contributed by atoms with Gasteiger partial charge in [0.2, 0.25) is 0 Å². The Morgan fingerprint density at radius 2 is 2.16 bits per heavy atom. The molecule has 0 aliphatic heterocycles. The van der Waals surface area contributed by atoms with Crippen molar-refractivity contribution < 1.29 is 5.11 Å². The summed E-state index contributed by atoms with van der Waals surface area (Å²) in [4.78, 5) is 0. The lowest BCUT2D eigenvalue weighted by molar-refractivity contribution is 0.278. The van der Waals surface area contributed by atoms with Gasteiger partial charge in [-0.25, -0.2) is 0 Å². The highest BCUT2D eigenvalue weighted by Crippen LogP contribution is 2.25. The van der Waals surface area contributed by atoms with Gasteiger partial charge in [-0.15, -0.1) is 10.2 Å². The van der Waals surface area contributed by atoms with Crippen LogP contribution in [0.2, 0.25) is 0 Å². The van der Waals surface area contributed by atoms with Gasteiger partial charge in [-0.3, -0.25) is 0 Å². The lowest BCUT2D eigenvalue weighted by Crippen LogP contribution is -2.21. The fraction of sp³-hybridized carbons (Fsp3) is 0.357. The molecule has 0 amide bonds. The van der Waals surface area contributed by atoms with Crippen LogP contribution >= 0.6 is 0 Å². The number of nitrogens with zero attached hydrogens (tertiary/aromatic N) is 3. The van der Waals surface area contributed by atoms with Gasteiger partial charge >= 0.3 is 0 Å². The molecule has 19 heavy (non-hydrogen) atoms. The molecule has 1 unspecified atom stereocenters. The zero-order valence-corrected chi connectivity index (χ0v) is 10.8. The number of hydrogen-bond acceptors (Lipinski definition) is 5. The molecular weight excluding hydrogens is 240 g/mol. The standard InChI is InChI=1S/C14H16N4O/c1-2-10(7-8-19)16-14-11-5-3-4-6-12(11)17-18-13(14)9-15/h3-6,10,19H,2,7-8H2,1H3,(H,16,17). The second-order valence-corrected chi connectivity index (χ2v) is 4.31. The fourth-order valence-electron chi connectivity index (χ4n) is 2.02. The molecule has 0 saturated heterocycles. The Labute approximate surface area is 111 Å². The highest BCUT2D eigenvalue weighted by molar-refractivity contribution is 5.92. The van der Waals surface area contributed by atoms with Gasteiger partial charge in [0.1, 0.15) is 6.07 Å². The Balaban J connectivity index is 2.47. The predicted molar refractivity (Wildman–Crippen MR) is 73.7 cm³/mol. The Morgan fingerprint density at radius 1 is 1.37 bits per heavy atom. The highest BCUT2D eigenvalue weighted by Gasteiger charge is 2.13. The summed E-state index contributed by atoms with van der Waals surface area (Å²) < 4.78 is 0. The maximum absolute atomic E-state index is 9.15. The third-order valence-electron chi connectivity index (χ3n) is 3.09. The van der Waals surface area contributed by atoms with E-state index in [2.05, 4.69) is 21.6 Å². The quantitative estimate of drug-likeness (QED) is 0.855. The largest absolute Gasteiger partial charge is 0.396 e. The van der Waals surface area contributed by atoms with Crippen molar-refractivity contribution in [1.82, 2.24) is 10.2 Å². The van der Waals surface area contributed by atoms with Gasteiger partial charge in [-0.2, -0.15) is 5.26 Å². The van der Waals surface area contributed by atoms with Crippen LogP contribution in [0.25, 0.3) is 10.9 Å². The summed E-state index contributed by atoms with van der Waals surface area (Å²) in [5, 5.41) is 30.4. The van der Waals surface area contributed by atoms with Crippen molar-refractivity contribution >= 4 is 16.6 Å². The van der Waals surface area contributed by atoms with Crippen molar-refractivity contribution in [3.05, 3.63) is 30.0 Å². The summed E-state index contributed by atoms with van der Waals surface area (Å²) in [6, 6.07) is 9.75. The normalized spacial score (nSPS) is 12.1. The summed E-state index contributed by atoms with van der Waals surface area (Å²) in [6.45, 7) is 2.15. The van der Waals surface area contributed by atoms with Gasteiger partial charge in [0.15, 0.2) is 5.69 Å². The molecule has 2 N–H and O–H groups in total. The number of aromatic nitrogens is 2. The SMILES string of the molecule is CCC(CCO)Nc1c(C#N)nnc2ccccc12. The van der Waals surface area contributed by atoms with Crippen LogP contribution in [0.3, 0.4) is 0 Å². The Kier molecular flexibility index (Phi) is 4.26. The first-order valence-electron chi connectivity index (χ1n) is 6.33. The molecule has 0 aliphatic rings. The van der Waals surface area contributed by atoms with Crippen LogP contribution in [0.4, 0.5) is 5.69 Å². The first-order chi connectivity index (χ1) is 9.30. The van der Waals surface area contributed by atoms with Crippen molar-refractivity contribution in [2.75, 3.05) is 11.9 Å². The number of rotatable bonds is 5. The number of nitrogens with one attached hydrogen (secondary N) is 1. The number of benzene rings is 1. The molecule has 5 nitrogen and oxygen atoms in total. The van der Waals surface area contributed by atoms with E-state index in [4.69, 9.17) is 10.4 Å². The van der Waals surface area contributed by atoms with E-state index in [1.54, 1.807) is 0 Å². The number of aliphatic hydroxyl groups is 1. The maximum Gasteiger partial charge on any atom is 0.186 e. The molecule has 0 fully saturated rings. The number of anilines is 1. The van der Waals surface area contributed by atoms with Gasteiger partial charge in [-0.05, 0) is 18.9 Å². The van der Waals surface area contributed by atoms with Gasteiger partial charge in [0, 0.05) is 18.0 Å². The van der Waals surface area contributed by atoms with Gasteiger partial charge in [0.05, 0.1) is 11.2 Å². The Hall–Kier alpha value is -2.19. The van der Waals surface area contributed by atoms with Crippen LogP contribution < -0.4 is 5.32 Å². The average Bonchev–Trinajstić information content (AvgIpc) is 2.46. The van der Waals surface area contributed by atoms with Crippen molar-refractivity contribution in [2.24, 2.45) is 0 Å². The van der Waals surface area contributed by atoms with Crippen LogP contribution in [0.1, 0.15) is 25.5 Å². The van der Waals surface area contributed by atoms with Gasteiger partial charge in [-0.1, -0.05) is 25.1 Å². The second-order valence-electron chi connectivity index (χ2n) is 4.31. The van der Waals surface area contributed by atoms with Crippen molar-refractivity contribution in [1.29, 1.82) is 5.26 Å². The highest BCUT2D eigenvalue weighted by atomic mass is 16.3. The van der Waals surface area contributed by atoms with Gasteiger partial charge in [0.25, 0.3) is 0 Å². The van der Waals surface area contributed by atoms with Crippen molar-refractivity contribution in [3.8, 4) is 6.07 Å². The molecule has 98 valence electrons. The van der Waals surface area contributed by atoms with E-state index in [1.807, 2.05) is 31.2 Å². The van der Waals surface area contributed by atoms with Crippen molar-refractivity contribution in [3.63, 3.8) is 0 Å². The molecule has 0 saturated carbocycles. The van der Waals surface area contributed by atoms with Crippen LogP contribution in [-0.4, -0.2) is 28.0 Å². The Morgan fingerprint density at radius 3 is 2.84 bits per heavy atom. The van der Waals surface area contributed by atoms with Gasteiger partial charge < -0.3 is 10.4 Å². The lowest BCUT2D eigenvalue weighted by atomic mass is 10.1. The lowest BCUT2D eigenvalue weighted by Gasteiger charge is -2.18. The molecular formula is C14H16N4O. The number of hydrogen-bond donors (Lipinski definition) is 2. The summed E-state index contributed by atoms with van der Waals surface area (Å²) in [7, 11) is 0. The molecule has 2 rings (SSSR count). The first kappa shape index (κ1) is 13.2. The molecule has 0 aliphatic carbocycles. The minimum atomic E-state index is 0.115. The van der Waals surface area contributed by atoms with E-state index >= 15 is 0 Å². The van der Waals surface area contributed by atoms with E-state index in [-0.39, 0.29) is 18.3 Å². The fourth-order valence-corrected chi connectivity index (χ4v) is 2.02. The monoisotopic (exact) mass is 256 g/mol. The smallest absolute Gasteiger partial charge is 0.186 e. The zero-order valence-electron chi connectivity index (χ0n) is 10.8. The molecule has 0 radical (unpaired) electrons. The molecule has 0 spiro atoms. The first-order valence-corrected chi connectivity index (χ1v) is 6.33. The maximum atomic E-state index is 9.15. The third kappa shape index (κ3) is 2.80. The topological polar surface area (TPSA) is 81.8 Å². The number of nitriles is 1. The summed E-state index contributed by atoms with van der Waals surface area (Å²) in [6.07, 6.45) is 1.50. The zero-order chi connectivity index (χ0) is 13.7. The molecule has 1 aromatic carbocycles. The molecule has 5 heteroatoms. The van der Waals surface area contributed by atoms with Crippen LogP contribution in [0, 0.1) is 11.3 Å². The number of aliphatic hydroxyl groups excluding tert-OH is 1. The third-order valence-corrected chi connectivity index (χ3v) is 3.09. The molecule has 1 heterocycles.